The fraction of sp³-hybridized carbons (Fsp3) is 0.600. The first kappa shape index (κ1) is 20.6. The average Bonchev–Trinajstić information content (AvgIpc) is 2.66. The topological polar surface area (TPSA) is 75.4 Å². The van der Waals surface area contributed by atoms with Gasteiger partial charge in [0.2, 0.25) is 11.8 Å². The quantitative estimate of drug-likeness (QED) is 0.767. The number of halogens is 3. The highest BCUT2D eigenvalue weighted by atomic mass is 19.2. The molecule has 2 atom stereocenters. The molecule has 1 saturated carbocycles. The van der Waals surface area contributed by atoms with Crippen LogP contribution < -0.4 is 11.1 Å². The van der Waals surface area contributed by atoms with Crippen LogP contribution in [-0.4, -0.2) is 35.8 Å². The third-order valence-corrected chi connectivity index (χ3v) is 5.82. The van der Waals surface area contributed by atoms with E-state index < -0.39 is 23.4 Å². The largest absolute Gasteiger partial charge is 0.342 e. The molecule has 3 rings (SSSR count). The van der Waals surface area contributed by atoms with Crippen molar-refractivity contribution in [2.75, 3.05) is 18.4 Å². The number of likely N-dealkylation sites (tertiary alicyclic amines) is 1. The lowest BCUT2D eigenvalue weighted by molar-refractivity contribution is -0.138. The summed E-state index contributed by atoms with van der Waals surface area (Å²) in [4.78, 5) is 26.7. The molecular formula is C20H26F3N3O2. The zero-order valence-corrected chi connectivity index (χ0v) is 15.7. The lowest BCUT2D eigenvalue weighted by Gasteiger charge is -2.37. The van der Waals surface area contributed by atoms with Crippen molar-refractivity contribution in [1.82, 2.24) is 4.90 Å². The molecule has 28 heavy (non-hydrogen) atoms. The van der Waals surface area contributed by atoms with Crippen LogP contribution in [0.4, 0.5) is 18.9 Å². The molecule has 1 aliphatic heterocycles. The first-order valence-electron chi connectivity index (χ1n) is 9.84. The summed E-state index contributed by atoms with van der Waals surface area (Å²) in [6.07, 6.45) is 5.30. The fourth-order valence-corrected chi connectivity index (χ4v) is 4.14. The molecule has 1 heterocycles. The first-order chi connectivity index (χ1) is 13.3. The second kappa shape index (κ2) is 8.94. The molecule has 5 nitrogen and oxygen atoms in total. The van der Waals surface area contributed by atoms with Gasteiger partial charge in [-0.1, -0.05) is 12.8 Å². The zero-order valence-electron chi connectivity index (χ0n) is 15.7. The van der Waals surface area contributed by atoms with E-state index in [0.717, 1.165) is 25.7 Å². The molecule has 1 aromatic rings. The highest BCUT2D eigenvalue weighted by Gasteiger charge is 2.33. The normalized spacial score (nSPS) is 23.5. The third kappa shape index (κ3) is 4.84. The fourth-order valence-electron chi connectivity index (χ4n) is 4.14. The van der Waals surface area contributed by atoms with Crippen molar-refractivity contribution in [3.8, 4) is 0 Å². The van der Waals surface area contributed by atoms with Crippen molar-refractivity contribution in [2.45, 2.75) is 51.0 Å². The van der Waals surface area contributed by atoms with Crippen LogP contribution in [0.3, 0.4) is 0 Å². The maximum atomic E-state index is 13.6. The van der Waals surface area contributed by atoms with E-state index in [1.807, 2.05) is 4.90 Å². The van der Waals surface area contributed by atoms with Crippen molar-refractivity contribution in [3.05, 3.63) is 29.6 Å². The molecule has 2 amide bonds. The van der Waals surface area contributed by atoms with Gasteiger partial charge in [-0.05, 0) is 31.6 Å². The molecule has 8 heteroatoms. The predicted octanol–water partition coefficient (Wildman–Crippen LogP) is 3.19. The van der Waals surface area contributed by atoms with Gasteiger partial charge in [0.15, 0.2) is 11.6 Å². The number of nitrogens with two attached hydrogens (primary N) is 1. The summed E-state index contributed by atoms with van der Waals surface area (Å²) in [7, 11) is 0. The minimum Gasteiger partial charge on any atom is -0.342 e. The molecule has 0 unspecified atom stereocenters. The summed E-state index contributed by atoms with van der Waals surface area (Å²) in [5, 5.41) is 2.30. The van der Waals surface area contributed by atoms with Crippen molar-refractivity contribution < 1.29 is 22.8 Å². The van der Waals surface area contributed by atoms with Gasteiger partial charge in [0.25, 0.3) is 0 Å². The number of anilines is 1. The molecule has 1 aromatic carbocycles. The molecule has 1 aliphatic carbocycles. The standard InChI is InChI=1S/C20H26F3N3O2/c21-14-10-16(23)18(11-15(14)22)25-19(27)9-12-5-7-26(8-6-12)20(28)13-3-1-2-4-17(13)24/h10-13,17H,1-9,24H2,(H,25,27)/t13-,17-/m1/s1. The molecule has 0 aromatic heterocycles. The number of hydrogen-bond donors (Lipinski definition) is 2. The lowest BCUT2D eigenvalue weighted by Crippen LogP contribution is -2.48. The smallest absolute Gasteiger partial charge is 0.227 e. The van der Waals surface area contributed by atoms with Crippen molar-refractivity contribution in [1.29, 1.82) is 0 Å². The van der Waals surface area contributed by atoms with E-state index in [1.54, 1.807) is 0 Å². The van der Waals surface area contributed by atoms with Crippen molar-refractivity contribution in [3.63, 3.8) is 0 Å². The van der Waals surface area contributed by atoms with Crippen LogP contribution in [0.5, 0.6) is 0 Å². The summed E-state index contributed by atoms with van der Waals surface area (Å²) < 4.78 is 39.8. The Morgan fingerprint density at radius 2 is 1.64 bits per heavy atom. The van der Waals surface area contributed by atoms with E-state index in [4.69, 9.17) is 5.73 Å². The van der Waals surface area contributed by atoms with E-state index in [9.17, 15) is 22.8 Å². The molecule has 0 radical (unpaired) electrons. The Hall–Kier alpha value is -2.09. The summed E-state index contributed by atoms with van der Waals surface area (Å²) in [5.74, 6) is -3.93. The number of carbonyl (C=O) groups is 2. The monoisotopic (exact) mass is 397 g/mol. The minimum absolute atomic E-state index is 0.0532. The molecule has 1 saturated heterocycles. The van der Waals surface area contributed by atoms with E-state index in [1.165, 1.54) is 0 Å². The highest BCUT2D eigenvalue weighted by Crippen LogP contribution is 2.28. The molecule has 2 fully saturated rings. The maximum Gasteiger partial charge on any atom is 0.227 e. The highest BCUT2D eigenvalue weighted by molar-refractivity contribution is 5.91. The Bertz CT molecular complexity index is 736. The van der Waals surface area contributed by atoms with Gasteiger partial charge in [-0.2, -0.15) is 0 Å². The van der Waals surface area contributed by atoms with Crippen LogP contribution in [0.2, 0.25) is 0 Å². The summed E-state index contributed by atoms with van der Waals surface area (Å²) in [6, 6.07) is 0.971. The van der Waals surface area contributed by atoms with Gasteiger partial charge in [0.1, 0.15) is 5.82 Å². The van der Waals surface area contributed by atoms with Gasteiger partial charge in [0.05, 0.1) is 11.6 Å². The van der Waals surface area contributed by atoms with Gasteiger partial charge < -0.3 is 16.0 Å². The summed E-state index contributed by atoms with van der Waals surface area (Å²) in [5.41, 5.74) is 5.73. The van der Waals surface area contributed by atoms with Crippen LogP contribution >= 0.6 is 0 Å². The molecule has 0 bridgehead atoms. The number of nitrogens with zero attached hydrogens (tertiary/aromatic N) is 1. The van der Waals surface area contributed by atoms with Crippen LogP contribution in [0.15, 0.2) is 12.1 Å². The Morgan fingerprint density at radius 3 is 2.32 bits per heavy atom. The van der Waals surface area contributed by atoms with E-state index >= 15 is 0 Å². The maximum absolute atomic E-state index is 13.6. The lowest BCUT2D eigenvalue weighted by atomic mass is 9.83. The molecule has 3 N–H and O–H groups in total. The number of rotatable bonds is 4. The van der Waals surface area contributed by atoms with E-state index in [-0.39, 0.29) is 35.9 Å². The number of carbonyl (C=O) groups excluding carboxylic acids is 2. The van der Waals surface area contributed by atoms with Crippen LogP contribution in [0, 0.1) is 29.3 Å². The van der Waals surface area contributed by atoms with E-state index in [2.05, 4.69) is 5.32 Å². The van der Waals surface area contributed by atoms with E-state index in [0.29, 0.717) is 38.1 Å². The SMILES string of the molecule is N[C@@H]1CCCC[C@H]1C(=O)N1CCC(CC(=O)Nc2cc(F)c(F)cc2F)CC1. The van der Waals surface area contributed by atoms with Crippen molar-refractivity contribution in [2.24, 2.45) is 17.6 Å². The zero-order chi connectivity index (χ0) is 20.3. The number of nitrogens with one attached hydrogen (secondary N) is 1. The Balaban J connectivity index is 1.48. The molecule has 154 valence electrons. The van der Waals surface area contributed by atoms with Gasteiger partial charge in [-0.15, -0.1) is 0 Å². The number of amides is 2. The molecule has 0 spiro atoms. The Morgan fingerprint density at radius 1 is 1.00 bits per heavy atom. The Labute approximate surface area is 162 Å². The first-order valence-corrected chi connectivity index (χ1v) is 9.84. The second-order valence-electron chi connectivity index (χ2n) is 7.82. The van der Waals surface area contributed by atoms with Crippen LogP contribution in [0.25, 0.3) is 0 Å². The Kier molecular flexibility index (Phi) is 6.59. The second-order valence-corrected chi connectivity index (χ2v) is 7.82. The number of benzene rings is 1. The van der Waals surface area contributed by atoms with Crippen LogP contribution in [0.1, 0.15) is 44.9 Å². The third-order valence-electron chi connectivity index (χ3n) is 5.82. The number of piperidine rings is 1. The van der Waals surface area contributed by atoms with Gasteiger partial charge in [-0.3, -0.25) is 9.59 Å². The minimum atomic E-state index is -1.30. The van der Waals surface area contributed by atoms with Crippen molar-refractivity contribution >= 4 is 17.5 Å². The van der Waals surface area contributed by atoms with Gasteiger partial charge >= 0.3 is 0 Å². The predicted molar refractivity (Wildman–Crippen MR) is 98.8 cm³/mol. The molecule has 2 aliphatic rings. The van der Waals surface area contributed by atoms with Crippen LogP contribution in [-0.2, 0) is 9.59 Å². The summed E-state index contributed by atoms with van der Waals surface area (Å²) in [6.45, 7) is 1.14. The van der Waals surface area contributed by atoms with Gasteiger partial charge in [0, 0.05) is 37.7 Å². The summed E-state index contributed by atoms with van der Waals surface area (Å²) >= 11 is 0. The van der Waals surface area contributed by atoms with Gasteiger partial charge in [-0.25, -0.2) is 13.2 Å². The average molecular weight is 397 g/mol. The number of hydrogen-bond acceptors (Lipinski definition) is 3. The molecular weight excluding hydrogens is 371 g/mol.